The number of nitrogens with zero attached hydrogens (tertiary/aromatic N) is 3. The molecule has 1 aromatic heterocycles. The zero-order chi connectivity index (χ0) is 17.9. The predicted octanol–water partition coefficient (Wildman–Crippen LogP) is 4.47. The molecule has 0 bridgehead atoms. The molecule has 4 nitrogen and oxygen atoms in total. The lowest BCUT2D eigenvalue weighted by Gasteiger charge is -2.26. The van der Waals surface area contributed by atoms with Crippen molar-refractivity contribution in [3.8, 4) is 16.9 Å². The average Bonchev–Trinajstić information content (AvgIpc) is 3.06. The Hall–Kier alpha value is -2.88. The minimum atomic E-state index is 0.0501. The molecule has 0 spiro atoms. The number of hydrogen-bond acceptors (Lipinski definition) is 2. The van der Waals surface area contributed by atoms with E-state index in [1.165, 1.54) is 6.42 Å². The highest BCUT2D eigenvalue weighted by Crippen LogP contribution is 2.29. The lowest BCUT2D eigenvalue weighted by atomic mass is 10.1. The maximum atomic E-state index is 13.1. The van der Waals surface area contributed by atoms with Crippen LogP contribution in [0, 0.1) is 6.92 Å². The molecule has 0 aliphatic carbocycles. The summed E-state index contributed by atoms with van der Waals surface area (Å²) in [6, 6.07) is 20.2. The van der Waals surface area contributed by atoms with Gasteiger partial charge >= 0.3 is 0 Å². The van der Waals surface area contributed by atoms with Crippen LogP contribution in [0.2, 0.25) is 0 Å². The normalized spacial score (nSPS) is 14.4. The van der Waals surface area contributed by atoms with Crippen LogP contribution in [0.1, 0.15) is 35.3 Å². The van der Waals surface area contributed by atoms with Crippen LogP contribution in [-0.4, -0.2) is 33.7 Å². The maximum absolute atomic E-state index is 13.1. The smallest absolute Gasteiger partial charge is 0.274 e. The second-order valence-corrected chi connectivity index (χ2v) is 6.79. The largest absolute Gasteiger partial charge is 0.337 e. The van der Waals surface area contributed by atoms with Crippen molar-refractivity contribution < 1.29 is 4.79 Å². The minimum Gasteiger partial charge on any atom is -0.337 e. The maximum Gasteiger partial charge on any atom is 0.274 e. The molecule has 132 valence electrons. The number of aromatic nitrogens is 2. The summed E-state index contributed by atoms with van der Waals surface area (Å²) in [5, 5.41) is 4.76. The van der Waals surface area contributed by atoms with Crippen LogP contribution in [0.15, 0.2) is 60.7 Å². The number of hydrogen-bond donors (Lipinski definition) is 0. The molecular formula is C22H23N3O. The van der Waals surface area contributed by atoms with Gasteiger partial charge in [0.2, 0.25) is 0 Å². The molecule has 4 heteroatoms. The summed E-state index contributed by atoms with van der Waals surface area (Å²) in [7, 11) is 0. The molecular weight excluding hydrogens is 322 g/mol. The molecule has 1 amide bonds. The van der Waals surface area contributed by atoms with Gasteiger partial charge in [0.25, 0.3) is 5.91 Å². The average molecular weight is 345 g/mol. The minimum absolute atomic E-state index is 0.0501. The van der Waals surface area contributed by atoms with Crippen molar-refractivity contribution in [2.24, 2.45) is 0 Å². The van der Waals surface area contributed by atoms with E-state index in [1.54, 1.807) is 0 Å². The van der Waals surface area contributed by atoms with Crippen LogP contribution in [-0.2, 0) is 0 Å². The monoisotopic (exact) mass is 345 g/mol. The predicted molar refractivity (Wildman–Crippen MR) is 103 cm³/mol. The van der Waals surface area contributed by atoms with Crippen LogP contribution in [0.3, 0.4) is 0 Å². The van der Waals surface area contributed by atoms with Crippen molar-refractivity contribution >= 4 is 5.91 Å². The Morgan fingerprint density at radius 3 is 2.15 bits per heavy atom. The van der Waals surface area contributed by atoms with E-state index in [9.17, 15) is 4.79 Å². The summed E-state index contributed by atoms with van der Waals surface area (Å²) in [5.41, 5.74) is 4.52. The van der Waals surface area contributed by atoms with Gasteiger partial charge in [-0.05, 0) is 38.3 Å². The molecule has 4 rings (SSSR count). The summed E-state index contributed by atoms with van der Waals surface area (Å²) in [5.74, 6) is 0.0501. The second kappa shape index (κ2) is 7.16. The number of carbonyl (C=O) groups is 1. The van der Waals surface area contributed by atoms with E-state index in [1.807, 2.05) is 65.0 Å². The van der Waals surface area contributed by atoms with Crippen LogP contribution in [0.5, 0.6) is 0 Å². The zero-order valence-corrected chi connectivity index (χ0v) is 15.1. The van der Waals surface area contributed by atoms with E-state index >= 15 is 0 Å². The van der Waals surface area contributed by atoms with E-state index in [-0.39, 0.29) is 5.91 Å². The molecule has 26 heavy (non-hydrogen) atoms. The first-order valence-corrected chi connectivity index (χ1v) is 9.25. The third kappa shape index (κ3) is 3.03. The fourth-order valence-corrected chi connectivity index (χ4v) is 3.64. The Morgan fingerprint density at radius 2 is 1.50 bits per heavy atom. The van der Waals surface area contributed by atoms with Crippen molar-refractivity contribution in [2.45, 2.75) is 26.2 Å². The third-order valence-corrected chi connectivity index (χ3v) is 5.02. The summed E-state index contributed by atoms with van der Waals surface area (Å²) in [6.07, 6.45) is 3.36. The lowest BCUT2D eigenvalue weighted by molar-refractivity contribution is 0.0717. The molecule has 1 fully saturated rings. The van der Waals surface area contributed by atoms with Gasteiger partial charge in [0.15, 0.2) is 5.69 Å². The van der Waals surface area contributed by atoms with E-state index < -0.39 is 0 Å². The number of rotatable bonds is 3. The van der Waals surface area contributed by atoms with Gasteiger partial charge in [-0.25, -0.2) is 4.68 Å². The van der Waals surface area contributed by atoms with E-state index in [2.05, 4.69) is 12.1 Å². The van der Waals surface area contributed by atoms with Crippen molar-refractivity contribution in [3.05, 3.63) is 71.9 Å². The molecule has 2 aromatic carbocycles. The molecule has 0 saturated carbocycles. The number of amides is 1. The molecule has 1 aliphatic rings. The lowest BCUT2D eigenvalue weighted by Crippen LogP contribution is -2.36. The number of benzene rings is 2. The fraction of sp³-hybridized carbons (Fsp3) is 0.273. The van der Waals surface area contributed by atoms with Gasteiger partial charge in [0, 0.05) is 24.2 Å². The Bertz CT molecular complexity index is 894. The molecule has 0 radical (unpaired) electrons. The molecule has 2 heterocycles. The van der Waals surface area contributed by atoms with Gasteiger partial charge in [0.05, 0.1) is 11.4 Å². The standard InChI is InChI=1S/C22H23N3O/c1-17-20(22(26)24-15-9-4-10-16-24)23-25(19-13-7-3-8-14-19)21(17)18-11-5-2-6-12-18/h2-3,5-8,11-14H,4,9-10,15-16H2,1H3. The summed E-state index contributed by atoms with van der Waals surface area (Å²) in [6.45, 7) is 3.67. The second-order valence-electron chi connectivity index (χ2n) is 6.79. The molecule has 1 saturated heterocycles. The fourth-order valence-electron chi connectivity index (χ4n) is 3.64. The van der Waals surface area contributed by atoms with Gasteiger partial charge < -0.3 is 4.90 Å². The van der Waals surface area contributed by atoms with Gasteiger partial charge in [-0.1, -0.05) is 48.5 Å². The van der Waals surface area contributed by atoms with Gasteiger partial charge in [-0.3, -0.25) is 4.79 Å². The van der Waals surface area contributed by atoms with Gasteiger partial charge in [-0.2, -0.15) is 5.10 Å². The van der Waals surface area contributed by atoms with Crippen LogP contribution in [0.4, 0.5) is 0 Å². The number of piperidine rings is 1. The zero-order valence-electron chi connectivity index (χ0n) is 15.1. The molecule has 1 aliphatic heterocycles. The van der Waals surface area contributed by atoms with Crippen molar-refractivity contribution in [1.82, 2.24) is 14.7 Å². The van der Waals surface area contributed by atoms with Crippen LogP contribution in [0.25, 0.3) is 16.9 Å². The Kier molecular flexibility index (Phi) is 4.57. The topological polar surface area (TPSA) is 38.1 Å². The number of para-hydroxylation sites is 1. The number of carbonyl (C=O) groups excluding carboxylic acids is 1. The molecule has 0 unspecified atom stereocenters. The SMILES string of the molecule is Cc1c(C(=O)N2CCCCC2)nn(-c2ccccc2)c1-c1ccccc1. The Morgan fingerprint density at radius 1 is 0.885 bits per heavy atom. The van der Waals surface area contributed by atoms with E-state index in [0.29, 0.717) is 5.69 Å². The molecule has 0 N–H and O–H groups in total. The van der Waals surface area contributed by atoms with Crippen molar-refractivity contribution in [1.29, 1.82) is 0 Å². The first-order valence-electron chi connectivity index (χ1n) is 9.25. The quantitative estimate of drug-likeness (QED) is 0.702. The van der Waals surface area contributed by atoms with Crippen LogP contribution >= 0.6 is 0 Å². The first-order chi connectivity index (χ1) is 12.8. The highest BCUT2D eigenvalue weighted by molar-refractivity contribution is 5.95. The van der Waals surface area contributed by atoms with E-state index in [4.69, 9.17) is 5.10 Å². The highest BCUT2D eigenvalue weighted by atomic mass is 16.2. The summed E-state index contributed by atoms with van der Waals surface area (Å²) >= 11 is 0. The highest BCUT2D eigenvalue weighted by Gasteiger charge is 2.26. The Labute approximate surface area is 154 Å². The van der Waals surface area contributed by atoms with Crippen molar-refractivity contribution in [3.63, 3.8) is 0 Å². The van der Waals surface area contributed by atoms with Gasteiger partial charge in [-0.15, -0.1) is 0 Å². The van der Waals surface area contributed by atoms with E-state index in [0.717, 1.165) is 48.4 Å². The van der Waals surface area contributed by atoms with Crippen molar-refractivity contribution in [2.75, 3.05) is 13.1 Å². The molecule has 0 atom stereocenters. The van der Waals surface area contributed by atoms with Gasteiger partial charge in [0.1, 0.15) is 0 Å². The number of likely N-dealkylation sites (tertiary alicyclic amines) is 1. The summed E-state index contributed by atoms with van der Waals surface area (Å²) in [4.78, 5) is 15.0. The summed E-state index contributed by atoms with van der Waals surface area (Å²) < 4.78 is 1.90. The van der Waals surface area contributed by atoms with Crippen LogP contribution < -0.4 is 0 Å². The Balaban J connectivity index is 1.84. The first kappa shape index (κ1) is 16.6. The molecule has 3 aromatic rings. The third-order valence-electron chi connectivity index (χ3n) is 5.02.